The number of nitrogens with zero attached hydrogens (tertiary/aromatic N) is 3. The molecule has 0 radical (unpaired) electrons. The highest BCUT2D eigenvalue weighted by Gasteiger charge is 2.28. The normalized spacial score (nSPS) is 15.5. The highest BCUT2D eigenvalue weighted by atomic mass is 79.9. The molecule has 1 aromatic heterocycles. The lowest BCUT2D eigenvalue weighted by molar-refractivity contribution is -0.143. The number of aromatic nitrogens is 2. The monoisotopic (exact) mass is 391 g/mol. The second-order valence-corrected chi connectivity index (χ2v) is 6.87. The number of carboxylic acid groups (broad SMARTS) is 1. The lowest BCUT2D eigenvalue weighted by Crippen LogP contribution is -2.40. The maximum absolute atomic E-state index is 12.7. The molecule has 0 bridgehead atoms. The van der Waals surface area contributed by atoms with Crippen LogP contribution >= 0.6 is 15.9 Å². The number of carboxylic acids is 1. The molecule has 1 aromatic carbocycles. The number of hydrogen-bond donors (Lipinski definition) is 1. The number of hydrogen-bond acceptors (Lipinski definition) is 3. The summed E-state index contributed by atoms with van der Waals surface area (Å²) in [5.41, 5.74) is 2.11. The van der Waals surface area contributed by atoms with Crippen molar-refractivity contribution >= 4 is 27.8 Å². The van der Waals surface area contributed by atoms with Crippen molar-refractivity contribution in [1.82, 2.24) is 14.7 Å². The van der Waals surface area contributed by atoms with E-state index in [1.165, 1.54) is 0 Å². The number of rotatable bonds is 3. The Morgan fingerprint density at radius 3 is 2.42 bits per heavy atom. The van der Waals surface area contributed by atoms with Crippen LogP contribution in [0, 0.1) is 12.8 Å². The van der Waals surface area contributed by atoms with Gasteiger partial charge in [-0.05, 0) is 44.0 Å². The molecule has 0 atom stereocenters. The summed E-state index contributed by atoms with van der Waals surface area (Å²) in [5.74, 6) is -1.21. The second-order valence-electron chi connectivity index (χ2n) is 5.95. The van der Waals surface area contributed by atoms with Crippen LogP contribution in [0.3, 0.4) is 0 Å². The molecule has 1 amide bonds. The molecule has 0 aliphatic carbocycles. The third-order valence-corrected chi connectivity index (χ3v) is 4.88. The standard InChI is InChI=1S/C17H18BrN3O3/c1-11-15(10-21(19-11)14-4-2-13(18)3-5-14)16(22)20-8-6-12(7-9-20)17(23)24/h2-5,10,12H,6-9H2,1H3,(H,23,24). The molecule has 126 valence electrons. The van der Waals surface area contributed by atoms with Crippen LogP contribution in [0.1, 0.15) is 28.9 Å². The molecule has 2 aromatic rings. The van der Waals surface area contributed by atoms with Crippen LogP contribution in [0.4, 0.5) is 0 Å². The minimum Gasteiger partial charge on any atom is -0.481 e. The van der Waals surface area contributed by atoms with Crippen LogP contribution in [0.5, 0.6) is 0 Å². The summed E-state index contributed by atoms with van der Waals surface area (Å²) in [4.78, 5) is 25.5. The fourth-order valence-corrected chi connectivity index (χ4v) is 3.16. The second kappa shape index (κ2) is 6.76. The van der Waals surface area contributed by atoms with Crippen LogP contribution < -0.4 is 0 Å². The first-order valence-corrected chi connectivity index (χ1v) is 8.59. The number of aryl methyl sites for hydroxylation is 1. The number of halogens is 1. The summed E-state index contributed by atoms with van der Waals surface area (Å²) in [6, 6.07) is 7.68. The van der Waals surface area contributed by atoms with Gasteiger partial charge in [-0.2, -0.15) is 5.10 Å². The van der Waals surface area contributed by atoms with Crippen molar-refractivity contribution in [1.29, 1.82) is 0 Å². The zero-order valence-electron chi connectivity index (χ0n) is 13.3. The number of carbonyl (C=O) groups excluding carboxylic acids is 1. The maximum Gasteiger partial charge on any atom is 0.306 e. The van der Waals surface area contributed by atoms with Gasteiger partial charge in [0.15, 0.2) is 0 Å². The molecule has 6 nitrogen and oxygen atoms in total. The Labute approximate surface area is 148 Å². The van der Waals surface area contributed by atoms with Crippen molar-refractivity contribution in [2.24, 2.45) is 5.92 Å². The summed E-state index contributed by atoms with van der Waals surface area (Å²) < 4.78 is 2.67. The molecule has 24 heavy (non-hydrogen) atoms. The summed E-state index contributed by atoms with van der Waals surface area (Å²) in [6.07, 6.45) is 2.74. The van der Waals surface area contributed by atoms with Gasteiger partial charge in [-0.15, -0.1) is 0 Å². The fraction of sp³-hybridized carbons (Fsp3) is 0.353. The summed E-state index contributed by atoms with van der Waals surface area (Å²) in [7, 11) is 0. The van der Waals surface area contributed by atoms with E-state index in [1.54, 1.807) is 15.8 Å². The van der Waals surface area contributed by atoms with E-state index in [9.17, 15) is 9.59 Å². The Hall–Kier alpha value is -2.15. The Kier molecular flexibility index (Phi) is 4.71. The minimum atomic E-state index is -0.777. The zero-order valence-corrected chi connectivity index (χ0v) is 14.9. The molecule has 0 saturated carbocycles. The topological polar surface area (TPSA) is 75.4 Å². The largest absolute Gasteiger partial charge is 0.481 e. The quantitative estimate of drug-likeness (QED) is 0.872. The van der Waals surface area contributed by atoms with Crippen LogP contribution in [-0.4, -0.2) is 44.8 Å². The SMILES string of the molecule is Cc1nn(-c2ccc(Br)cc2)cc1C(=O)N1CCC(C(=O)O)CC1. The van der Waals surface area contributed by atoms with E-state index in [0.29, 0.717) is 37.2 Å². The average Bonchev–Trinajstić information content (AvgIpc) is 2.96. The number of benzene rings is 1. The van der Waals surface area contributed by atoms with Gasteiger partial charge in [0.1, 0.15) is 0 Å². The van der Waals surface area contributed by atoms with Gasteiger partial charge in [-0.25, -0.2) is 4.68 Å². The van der Waals surface area contributed by atoms with Crippen LogP contribution in [0.15, 0.2) is 34.9 Å². The third-order valence-electron chi connectivity index (χ3n) is 4.35. The van der Waals surface area contributed by atoms with Crippen LogP contribution in [-0.2, 0) is 4.79 Å². The molecule has 1 saturated heterocycles. The van der Waals surface area contributed by atoms with E-state index in [0.717, 1.165) is 10.2 Å². The molecule has 3 rings (SSSR count). The Morgan fingerprint density at radius 2 is 1.83 bits per heavy atom. The van der Waals surface area contributed by atoms with Crippen molar-refractivity contribution < 1.29 is 14.7 Å². The molecular formula is C17H18BrN3O3. The van der Waals surface area contributed by atoms with Gasteiger partial charge in [0.05, 0.1) is 22.9 Å². The average molecular weight is 392 g/mol. The molecule has 7 heteroatoms. The van der Waals surface area contributed by atoms with Crippen molar-refractivity contribution in [2.45, 2.75) is 19.8 Å². The maximum atomic E-state index is 12.7. The number of amides is 1. The highest BCUT2D eigenvalue weighted by molar-refractivity contribution is 9.10. The van der Waals surface area contributed by atoms with Gasteiger partial charge in [0.25, 0.3) is 5.91 Å². The predicted octanol–water partition coefficient (Wildman–Crippen LogP) is 2.88. The lowest BCUT2D eigenvalue weighted by Gasteiger charge is -2.29. The van der Waals surface area contributed by atoms with E-state index >= 15 is 0 Å². The number of aliphatic carboxylic acids is 1. The first-order chi connectivity index (χ1) is 11.5. The van der Waals surface area contributed by atoms with Gasteiger partial charge >= 0.3 is 5.97 Å². The molecule has 1 N–H and O–H groups in total. The number of piperidine rings is 1. The van der Waals surface area contributed by atoms with Gasteiger partial charge in [0, 0.05) is 23.8 Å². The molecule has 0 spiro atoms. The van der Waals surface area contributed by atoms with E-state index in [1.807, 2.05) is 31.2 Å². The lowest BCUT2D eigenvalue weighted by atomic mass is 9.96. The van der Waals surface area contributed by atoms with Crippen molar-refractivity contribution in [3.63, 3.8) is 0 Å². The Morgan fingerprint density at radius 1 is 1.21 bits per heavy atom. The van der Waals surface area contributed by atoms with Gasteiger partial charge in [0.2, 0.25) is 0 Å². The predicted molar refractivity (Wildman–Crippen MR) is 92.3 cm³/mol. The Balaban J connectivity index is 1.76. The summed E-state index contributed by atoms with van der Waals surface area (Å²) in [6.45, 7) is 2.75. The minimum absolute atomic E-state index is 0.0836. The van der Waals surface area contributed by atoms with Gasteiger partial charge in [-0.3, -0.25) is 9.59 Å². The fourth-order valence-electron chi connectivity index (χ4n) is 2.90. The number of likely N-dealkylation sites (tertiary alicyclic amines) is 1. The van der Waals surface area contributed by atoms with Crippen molar-refractivity contribution in [3.05, 3.63) is 46.2 Å². The molecule has 2 heterocycles. The Bertz CT molecular complexity index is 762. The zero-order chi connectivity index (χ0) is 17.3. The molecule has 1 fully saturated rings. The van der Waals surface area contributed by atoms with Crippen molar-refractivity contribution in [3.8, 4) is 5.69 Å². The third kappa shape index (κ3) is 3.36. The molecule has 1 aliphatic rings. The molecular weight excluding hydrogens is 374 g/mol. The van der Waals surface area contributed by atoms with E-state index in [2.05, 4.69) is 21.0 Å². The first-order valence-electron chi connectivity index (χ1n) is 7.80. The van der Waals surface area contributed by atoms with Gasteiger partial charge < -0.3 is 10.0 Å². The van der Waals surface area contributed by atoms with Crippen LogP contribution in [0.2, 0.25) is 0 Å². The summed E-state index contributed by atoms with van der Waals surface area (Å²) >= 11 is 3.40. The summed E-state index contributed by atoms with van der Waals surface area (Å²) in [5, 5.41) is 13.5. The van der Waals surface area contributed by atoms with Crippen molar-refractivity contribution in [2.75, 3.05) is 13.1 Å². The van der Waals surface area contributed by atoms with E-state index < -0.39 is 5.97 Å². The molecule has 1 aliphatic heterocycles. The molecule has 0 unspecified atom stereocenters. The first kappa shape index (κ1) is 16.7. The van der Waals surface area contributed by atoms with Crippen LogP contribution in [0.25, 0.3) is 5.69 Å². The van der Waals surface area contributed by atoms with E-state index in [4.69, 9.17) is 5.11 Å². The smallest absolute Gasteiger partial charge is 0.306 e. The van der Waals surface area contributed by atoms with Gasteiger partial charge in [-0.1, -0.05) is 15.9 Å². The number of carbonyl (C=O) groups is 2. The van der Waals surface area contributed by atoms with E-state index in [-0.39, 0.29) is 11.8 Å². The highest BCUT2D eigenvalue weighted by Crippen LogP contribution is 2.21.